The molecule has 2 aliphatic heterocycles. The molecule has 0 bridgehead atoms. The summed E-state index contributed by atoms with van der Waals surface area (Å²) in [7, 11) is 0. The third kappa shape index (κ3) is 3.39. The van der Waals surface area contributed by atoms with Crippen molar-refractivity contribution in [2.45, 2.75) is 77.3 Å². The van der Waals surface area contributed by atoms with E-state index in [0.29, 0.717) is 11.5 Å². The second kappa shape index (κ2) is 8.53. The van der Waals surface area contributed by atoms with Gasteiger partial charge in [-0.25, -0.2) is 0 Å². The number of aromatic nitrogens is 2. The second-order valence-corrected chi connectivity index (χ2v) is 10.5. The molecule has 178 valence electrons. The minimum absolute atomic E-state index is 0.00652. The average molecular weight is 457 g/mol. The molecule has 2 saturated carbocycles. The maximum absolute atomic E-state index is 12.2. The molecule has 1 spiro atoms. The lowest BCUT2D eigenvalue weighted by Crippen LogP contribution is -2.59. The third-order valence-corrected chi connectivity index (χ3v) is 8.96. The van der Waals surface area contributed by atoms with Gasteiger partial charge in [-0.15, -0.1) is 0 Å². The Hall–Kier alpha value is -2.66. The van der Waals surface area contributed by atoms with E-state index in [9.17, 15) is 4.79 Å². The molecule has 3 aromatic rings. The number of amides is 1. The van der Waals surface area contributed by atoms with Gasteiger partial charge in [0.15, 0.2) is 0 Å². The maximum Gasteiger partial charge on any atom is 0.256 e. The molecule has 1 atom stereocenters. The van der Waals surface area contributed by atoms with Crippen LogP contribution in [0.15, 0.2) is 42.7 Å². The SMILES string of the molecule is CC.O=C1Nc2ccc(Cc3cnn(C4CCN(C5CCC56CCC6)CC4)c3)c3cccc1c23. The second-order valence-electron chi connectivity index (χ2n) is 10.5. The molecule has 2 aliphatic carbocycles. The zero-order chi connectivity index (χ0) is 23.3. The fourth-order valence-electron chi connectivity index (χ4n) is 6.92. The first-order valence-electron chi connectivity index (χ1n) is 13.3. The van der Waals surface area contributed by atoms with Gasteiger partial charge in [0, 0.05) is 48.4 Å². The molecule has 7 rings (SSSR count). The molecule has 34 heavy (non-hydrogen) atoms. The number of piperidine rings is 1. The largest absolute Gasteiger partial charge is 0.321 e. The lowest BCUT2D eigenvalue weighted by Gasteiger charge is -2.60. The number of nitrogens with one attached hydrogen (secondary N) is 1. The topological polar surface area (TPSA) is 50.2 Å². The van der Waals surface area contributed by atoms with E-state index in [2.05, 4.69) is 33.2 Å². The number of anilines is 1. The van der Waals surface area contributed by atoms with E-state index in [1.54, 1.807) is 0 Å². The van der Waals surface area contributed by atoms with Crippen molar-refractivity contribution in [3.8, 4) is 0 Å². The van der Waals surface area contributed by atoms with Crippen molar-refractivity contribution < 1.29 is 4.79 Å². The molecule has 1 saturated heterocycles. The van der Waals surface area contributed by atoms with Gasteiger partial charge < -0.3 is 5.32 Å². The Morgan fingerprint density at radius 2 is 1.88 bits per heavy atom. The number of carbonyl (C=O) groups excluding carboxylic acids is 1. The van der Waals surface area contributed by atoms with Gasteiger partial charge in [-0.2, -0.15) is 5.10 Å². The Bertz CT molecular complexity index is 1210. The zero-order valence-corrected chi connectivity index (χ0v) is 20.5. The molecular formula is C29H36N4O. The van der Waals surface area contributed by atoms with Crippen LogP contribution in [-0.4, -0.2) is 39.7 Å². The van der Waals surface area contributed by atoms with Gasteiger partial charge in [-0.3, -0.25) is 14.4 Å². The first-order chi connectivity index (χ1) is 16.7. The Morgan fingerprint density at radius 3 is 2.59 bits per heavy atom. The highest BCUT2D eigenvalue weighted by atomic mass is 16.1. The molecule has 1 N–H and O–H groups in total. The predicted octanol–water partition coefficient (Wildman–Crippen LogP) is 6.19. The van der Waals surface area contributed by atoms with E-state index in [4.69, 9.17) is 5.10 Å². The van der Waals surface area contributed by atoms with Gasteiger partial charge in [-0.05, 0) is 72.6 Å². The number of benzene rings is 2. The van der Waals surface area contributed by atoms with E-state index in [0.717, 1.165) is 29.1 Å². The molecule has 1 aromatic heterocycles. The standard InChI is InChI=1S/C27H30N4O.C2H6/c32-26-22-4-1-3-21-19(5-6-23(29-26)25(21)22)15-18-16-28-31(17-18)20-8-13-30(14-9-20)24-7-12-27(24)10-2-11-27;1-2/h1,3-6,16-17,20,24H,2,7-15H2,(H,29,32);1-2H3. The number of rotatable bonds is 4. The predicted molar refractivity (Wildman–Crippen MR) is 137 cm³/mol. The van der Waals surface area contributed by atoms with Gasteiger partial charge in [0.2, 0.25) is 0 Å². The summed E-state index contributed by atoms with van der Waals surface area (Å²) in [6.45, 7) is 6.45. The van der Waals surface area contributed by atoms with Gasteiger partial charge in [-0.1, -0.05) is 38.5 Å². The van der Waals surface area contributed by atoms with Crippen molar-refractivity contribution in [3.05, 3.63) is 59.4 Å². The fourth-order valence-corrected chi connectivity index (χ4v) is 6.92. The highest BCUT2D eigenvalue weighted by molar-refractivity contribution is 6.24. The smallest absolute Gasteiger partial charge is 0.256 e. The van der Waals surface area contributed by atoms with Crippen LogP contribution in [0.4, 0.5) is 5.69 Å². The van der Waals surface area contributed by atoms with Crippen LogP contribution in [-0.2, 0) is 6.42 Å². The normalized spacial score (nSPS) is 23.2. The Balaban J connectivity index is 0.00000106. The number of nitrogens with zero attached hydrogens (tertiary/aromatic N) is 3. The molecule has 5 nitrogen and oxygen atoms in total. The summed E-state index contributed by atoms with van der Waals surface area (Å²) in [6, 6.07) is 11.6. The van der Waals surface area contributed by atoms with Crippen molar-refractivity contribution in [2.24, 2.45) is 5.41 Å². The number of hydrogen-bond donors (Lipinski definition) is 1. The van der Waals surface area contributed by atoms with Gasteiger partial charge in [0.25, 0.3) is 5.91 Å². The highest BCUT2D eigenvalue weighted by Gasteiger charge is 2.52. The Kier molecular flexibility index (Phi) is 5.48. The van der Waals surface area contributed by atoms with Crippen molar-refractivity contribution in [1.29, 1.82) is 0 Å². The van der Waals surface area contributed by atoms with E-state index >= 15 is 0 Å². The summed E-state index contributed by atoms with van der Waals surface area (Å²) in [5, 5.41) is 9.99. The number of likely N-dealkylation sites (tertiary alicyclic amines) is 1. The molecule has 3 fully saturated rings. The Morgan fingerprint density at radius 1 is 1.06 bits per heavy atom. The summed E-state index contributed by atoms with van der Waals surface area (Å²) in [6.07, 6.45) is 14.9. The highest BCUT2D eigenvalue weighted by Crippen LogP contribution is 2.58. The molecule has 1 unspecified atom stereocenters. The van der Waals surface area contributed by atoms with Gasteiger partial charge >= 0.3 is 0 Å². The van der Waals surface area contributed by atoms with Crippen LogP contribution in [0.1, 0.15) is 86.3 Å². The molecule has 2 aromatic carbocycles. The van der Waals surface area contributed by atoms with E-state index in [-0.39, 0.29) is 5.91 Å². The van der Waals surface area contributed by atoms with Crippen LogP contribution < -0.4 is 5.32 Å². The maximum atomic E-state index is 12.2. The average Bonchev–Trinajstić information content (AvgIpc) is 3.41. The summed E-state index contributed by atoms with van der Waals surface area (Å²) in [5.74, 6) is 0.00652. The first-order valence-corrected chi connectivity index (χ1v) is 13.3. The zero-order valence-electron chi connectivity index (χ0n) is 20.5. The fraction of sp³-hybridized carbons (Fsp3) is 0.517. The molecule has 3 heterocycles. The van der Waals surface area contributed by atoms with Crippen molar-refractivity contribution >= 4 is 22.4 Å². The van der Waals surface area contributed by atoms with Gasteiger partial charge in [0.1, 0.15) is 0 Å². The summed E-state index contributed by atoms with van der Waals surface area (Å²) < 4.78 is 2.22. The lowest BCUT2D eigenvalue weighted by atomic mass is 9.52. The molecule has 0 radical (unpaired) electrons. The van der Waals surface area contributed by atoms with E-state index < -0.39 is 0 Å². The van der Waals surface area contributed by atoms with Crippen molar-refractivity contribution in [2.75, 3.05) is 18.4 Å². The van der Waals surface area contributed by atoms with Crippen LogP contribution in [0, 0.1) is 5.41 Å². The molecule has 1 amide bonds. The van der Waals surface area contributed by atoms with Crippen molar-refractivity contribution in [3.63, 3.8) is 0 Å². The van der Waals surface area contributed by atoms with E-state index in [1.807, 2.05) is 38.2 Å². The molecule has 4 aliphatic rings. The van der Waals surface area contributed by atoms with Crippen LogP contribution in [0.25, 0.3) is 10.8 Å². The number of carbonyl (C=O) groups is 1. The Labute approximate surface area is 202 Å². The summed E-state index contributed by atoms with van der Waals surface area (Å²) in [4.78, 5) is 15.0. The number of hydrogen-bond acceptors (Lipinski definition) is 3. The van der Waals surface area contributed by atoms with Gasteiger partial charge in [0.05, 0.1) is 12.2 Å². The lowest BCUT2D eigenvalue weighted by molar-refractivity contribution is -0.0915. The van der Waals surface area contributed by atoms with E-state index in [1.165, 1.54) is 74.5 Å². The quantitative estimate of drug-likeness (QED) is 0.509. The van der Waals surface area contributed by atoms with Crippen LogP contribution in [0.5, 0.6) is 0 Å². The summed E-state index contributed by atoms with van der Waals surface area (Å²) >= 11 is 0. The molecule has 5 heteroatoms. The van der Waals surface area contributed by atoms with Crippen molar-refractivity contribution in [1.82, 2.24) is 14.7 Å². The van der Waals surface area contributed by atoms with Crippen LogP contribution in [0.2, 0.25) is 0 Å². The minimum Gasteiger partial charge on any atom is -0.321 e. The van der Waals surface area contributed by atoms with Crippen LogP contribution in [0.3, 0.4) is 0 Å². The summed E-state index contributed by atoms with van der Waals surface area (Å²) in [5.41, 5.74) is 4.94. The first kappa shape index (κ1) is 21.8. The van der Waals surface area contributed by atoms with Crippen LogP contribution >= 0.6 is 0 Å². The third-order valence-electron chi connectivity index (χ3n) is 8.96. The minimum atomic E-state index is 0.00652. The monoisotopic (exact) mass is 456 g/mol. The molecular weight excluding hydrogens is 420 g/mol.